The van der Waals surface area contributed by atoms with Crippen molar-refractivity contribution in [3.8, 4) is 0 Å². The molecule has 3 heterocycles. The number of amides is 1. The number of carbonyl (C=O) groups excluding carboxylic acids is 1. The zero-order valence-corrected chi connectivity index (χ0v) is 15.6. The second-order valence-corrected chi connectivity index (χ2v) is 8.16. The van der Waals surface area contributed by atoms with E-state index in [1.54, 1.807) is 18.5 Å². The summed E-state index contributed by atoms with van der Waals surface area (Å²) in [6, 6.07) is 5.72. The minimum Gasteiger partial charge on any atom is -0.455 e. The van der Waals surface area contributed by atoms with Gasteiger partial charge in [0, 0.05) is 48.9 Å². The maximum absolute atomic E-state index is 11.5. The molecule has 3 rings (SSSR count). The molecule has 0 unspecified atom stereocenters. The second-order valence-electron chi connectivity index (χ2n) is 8.16. The third-order valence-corrected chi connectivity index (χ3v) is 4.86. The summed E-state index contributed by atoms with van der Waals surface area (Å²) in [5.74, 6) is 0.591. The Kier molecular flexibility index (Phi) is 5.16. The Hall–Kier alpha value is -2.18. The van der Waals surface area contributed by atoms with Crippen LogP contribution in [-0.4, -0.2) is 40.1 Å². The Labute approximate surface area is 154 Å². The van der Waals surface area contributed by atoms with E-state index >= 15 is 0 Å². The van der Waals surface area contributed by atoms with Crippen molar-refractivity contribution in [2.75, 3.05) is 13.1 Å². The molecule has 1 aliphatic heterocycles. The molecular formula is C20H27N3O3. The molecule has 1 amide bonds. The fourth-order valence-electron chi connectivity index (χ4n) is 3.64. The molecule has 3 N–H and O–H groups in total. The summed E-state index contributed by atoms with van der Waals surface area (Å²) in [7, 11) is 0. The topological polar surface area (TPSA) is 92.6 Å². The lowest BCUT2D eigenvalue weighted by molar-refractivity contribution is 0.0970. The number of aliphatic hydroxyl groups is 1. The van der Waals surface area contributed by atoms with Crippen LogP contribution in [0.3, 0.4) is 0 Å². The predicted molar refractivity (Wildman–Crippen MR) is 98.6 cm³/mol. The van der Waals surface area contributed by atoms with Gasteiger partial charge in [0.1, 0.15) is 5.76 Å². The van der Waals surface area contributed by atoms with Crippen molar-refractivity contribution in [1.29, 1.82) is 0 Å². The number of aliphatic hydroxyl groups excluding tert-OH is 1. The number of nitrogens with zero attached hydrogens (tertiary/aromatic N) is 2. The standard InChI is InChI=1S/C20H27N3O3/c1-20(2,3)18-15(9-17(26-18)19(21)25)11-23-10-14(16(24)12-23)8-13-4-6-22-7-5-13/h4-7,9,14,16,24H,8,10-12H2,1-3H3,(H2,21,25)/t14-,16-/m1/s1. The number of furan rings is 1. The number of primary amides is 1. The largest absolute Gasteiger partial charge is 0.455 e. The van der Waals surface area contributed by atoms with Crippen LogP contribution in [0.25, 0.3) is 0 Å². The molecule has 0 aromatic carbocycles. The Morgan fingerprint density at radius 2 is 2.04 bits per heavy atom. The van der Waals surface area contributed by atoms with Crippen LogP contribution in [0.2, 0.25) is 0 Å². The smallest absolute Gasteiger partial charge is 0.284 e. The first-order valence-electron chi connectivity index (χ1n) is 8.96. The average Bonchev–Trinajstić information content (AvgIpc) is 3.13. The monoisotopic (exact) mass is 357 g/mol. The first-order valence-corrected chi connectivity index (χ1v) is 8.96. The number of nitrogens with two attached hydrogens (primary N) is 1. The minimum atomic E-state index is -0.557. The Bertz CT molecular complexity index is 764. The number of hydrogen-bond donors (Lipinski definition) is 2. The highest BCUT2D eigenvalue weighted by molar-refractivity contribution is 5.90. The minimum absolute atomic E-state index is 0.179. The predicted octanol–water partition coefficient (Wildman–Crippen LogP) is 2.11. The summed E-state index contributed by atoms with van der Waals surface area (Å²) in [6.45, 7) is 8.18. The number of pyridine rings is 1. The fourth-order valence-corrected chi connectivity index (χ4v) is 3.64. The average molecular weight is 357 g/mol. The van der Waals surface area contributed by atoms with Gasteiger partial charge in [-0.15, -0.1) is 0 Å². The third-order valence-electron chi connectivity index (χ3n) is 4.86. The number of hydrogen-bond acceptors (Lipinski definition) is 5. The van der Waals surface area contributed by atoms with Gasteiger partial charge in [-0.2, -0.15) is 0 Å². The molecule has 0 radical (unpaired) electrons. The summed E-state index contributed by atoms with van der Waals surface area (Å²) in [5.41, 5.74) is 7.30. The van der Waals surface area contributed by atoms with E-state index in [-0.39, 0.29) is 23.2 Å². The SMILES string of the molecule is CC(C)(C)c1oc(C(N)=O)cc1CN1C[C@@H](Cc2ccncc2)[C@H](O)C1. The molecule has 26 heavy (non-hydrogen) atoms. The summed E-state index contributed by atoms with van der Waals surface area (Å²) in [6.07, 6.45) is 4.01. The van der Waals surface area contributed by atoms with Crippen LogP contribution in [0.1, 0.15) is 48.2 Å². The molecule has 1 saturated heterocycles. The normalized spacial score (nSPS) is 21.2. The number of rotatable bonds is 5. The quantitative estimate of drug-likeness (QED) is 0.855. The van der Waals surface area contributed by atoms with Crippen LogP contribution < -0.4 is 5.73 Å². The van der Waals surface area contributed by atoms with Crippen LogP contribution in [0.5, 0.6) is 0 Å². The Morgan fingerprint density at radius 3 is 2.65 bits per heavy atom. The van der Waals surface area contributed by atoms with Crippen molar-refractivity contribution in [2.24, 2.45) is 11.7 Å². The lowest BCUT2D eigenvalue weighted by Crippen LogP contribution is -2.23. The van der Waals surface area contributed by atoms with Gasteiger partial charge in [-0.1, -0.05) is 20.8 Å². The highest BCUT2D eigenvalue weighted by atomic mass is 16.4. The van der Waals surface area contributed by atoms with Gasteiger partial charge in [-0.3, -0.25) is 14.7 Å². The van der Waals surface area contributed by atoms with Gasteiger partial charge in [0.2, 0.25) is 0 Å². The number of likely N-dealkylation sites (tertiary alicyclic amines) is 1. The van der Waals surface area contributed by atoms with Gasteiger partial charge in [0.15, 0.2) is 5.76 Å². The Morgan fingerprint density at radius 1 is 1.35 bits per heavy atom. The van der Waals surface area contributed by atoms with Gasteiger partial charge in [0.25, 0.3) is 5.91 Å². The van der Waals surface area contributed by atoms with Crippen molar-refractivity contribution >= 4 is 5.91 Å². The zero-order chi connectivity index (χ0) is 18.9. The second kappa shape index (κ2) is 7.21. The molecule has 2 aromatic heterocycles. The summed E-state index contributed by atoms with van der Waals surface area (Å²) in [4.78, 5) is 17.8. The van der Waals surface area contributed by atoms with Crippen LogP contribution in [0.4, 0.5) is 0 Å². The first kappa shape index (κ1) is 18.6. The highest BCUT2D eigenvalue weighted by Crippen LogP contribution is 2.31. The molecule has 0 saturated carbocycles. The van der Waals surface area contributed by atoms with Crippen LogP contribution >= 0.6 is 0 Å². The van der Waals surface area contributed by atoms with Crippen molar-refractivity contribution in [1.82, 2.24) is 9.88 Å². The van der Waals surface area contributed by atoms with Crippen LogP contribution in [0.15, 0.2) is 35.0 Å². The fraction of sp³-hybridized carbons (Fsp3) is 0.500. The highest BCUT2D eigenvalue weighted by Gasteiger charge is 2.33. The van der Waals surface area contributed by atoms with E-state index in [1.807, 2.05) is 32.9 Å². The van der Waals surface area contributed by atoms with E-state index in [0.717, 1.165) is 24.3 Å². The van der Waals surface area contributed by atoms with Gasteiger partial charge < -0.3 is 15.3 Å². The van der Waals surface area contributed by atoms with E-state index in [9.17, 15) is 9.90 Å². The molecule has 1 aliphatic rings. The molecule has 2 aromatic rings. The van der Waals surface area contributed by atoms with E-state index in [0.29, 0.717) is 13.1 Å². The lowest BCUT2D eigenvalue weighted by Gasteiger charge is -2.20. The summed E-state index contributed by atoms with van der Waals surface area (Å²) < 4.78 is 5.73. The molecular weight excluding hydrogens is 330 g/mol. The number of β-amino-alcohol motifs (C(OH)–C–C–N with tert-alkyl or cyclic N) is 1. The van der Waals surface area contributed by atoms with E-state index < -0.39 is 5.91 Å². The van der Waals surface area contributed by atoms with Crippen molar-refractivity contribution in [3.05, 3.63) is 53.2 Å². The molecule has 2 atom stereocenters. The van der Waals surface area contributed by atoms with Crippen LogP contribution in [-0.2, 0) is 18.4 Å². The molecule has 0 spiro atoms. The van der Waals surface area contributed by atoms with Gasteiger partial charge in [-0.05, 0) is 30.2 Å². The van der Waals surface area contributed by atoms with Crippen molar-refractivity contribution in [3.63, 3.8) is 0 Å². The maximum Gasteiger partial charge on any atom is 0.284 e. The van der Waals surface area contributed by atoms with E-state index in [1.165, 1.54) is 5.56 Å². The number of aromatic nitrogens is 1. The zero-order valence-electron chi connectivity index (χ0n) is 15.6. The first-order chi connectivity index (χ1) is 12.2. The summed E-state index contributed by atoms with van der Waals surface area (Å²) >= 11 is 0. The molecule has 0 aliphatic carbocycles. The summed E-state index contributed by atoms with van der Waals surface area (Å²) in [5, 5.41) is 10.5. The van der Waals surface area contributed by atoms with E-state index in [2.05, 4.69) is 9.88 Å². The van der Waals surface area contributed by atoms with Gasteiger partial charge >= 0.3 is 0 Å². The van der Waals surface area contributed by atoms with Crippen molar-refractivity contribution < 1.29 is 14.3 Å². The lowest BCUT2D eigenvalue weighted by atomic mass is 9.90. The molecule has 140 valence electrons. The van der Waals surface area contributed by atoms with Gasteiger partial charge in [-0.25, -0.2) is 0 Å². The molecule has 6 heteroatoms. The number of carbonyl (C=O) groups is 1. The Balaban J connectivity index is 1.73. The molecule has 1 fully saturated rings. The maximum atomic E-state index is 11.5. The van der Waals surface area contributed by atoms with Crippen LogP contribution in [0, 0.1) is 5.92 Å². The molecule has 0 bridgehead atoms. The third kappa shape index (κ3) is 4.14. The van der Waals surface area contributed by atoms with E-state index in [4.69, 9.17) is 10.2 Å². The molecule has 6 nitrogen and oxygen atoms in total. The van der Waals surface area contributed by atoms with Crippen molar-refractivity contribution in [2.45, 2.75) is 45.3 Å². The van der Waals surface area contributed by atoms with Gasteiger partial charge in [0.05, 0.1) is 6.10 Å².